The molecule has 6 nitrogen and oxygen atoms in total. The summed E-state index contributed by atoms with van der Waals surface area (Å²) in [6.07, 6.45) is 6.07. The van der Waals surface area contributed by atoms with Crippen LogP contribution in [0.5, 0.6) is 0 Å². The zero-order valence-corrected chi connectivity index (χ0v) is 15.1. The monoisotopic (exact) mass is 347 g/mol. The molecule has 0 aromatic carbocycles. The lowest BCUT2D eigenvalue weighted by Crippen LogP contribution is -2.44. The fourth-order valence-corrected chi connectivity index (χ4v) is 4.23. The molecule has 0 spiro atoms. The van der Waals surface area contributed by atoms with Gasteiger partial charge >= 0.3 is 0 Å². The topological polar surface area (TPSA) is 56.7 Å². The number of aryl methyl sites for hydroxylation is 1. The molecule has 1 aromatic heterocycles. The molecule has 3 atom stereocenters. The van der Waals surface area contributed by atoms with Gasteiger partial charge < -0.3 is 19.1 Å². The van der Waals surface area contributed by atoms with Crippen molar-refractivity contribution in [1.82, 2.24) is 10.2 Å². The normalized spacial score (nSPS) is 30.4. The number of aromatic nitrogens is 2. The minimum Gasteiger partial charge on any atom is -0.381 e. The van der Waals surface area contributed by atoms with Gasteiger partial charge in [0.05, 0.1) is 30.6 Å². The van der Waals surface area contributed by atoms with Gasteiger partial charge in [0.25, 0.3) is 0 Å². The van der Waals surface area contributed by atoms with Crippen LogP contribution in [0.25, 0.3) is 0 Å². The van der Waals surface area contributed by atoms with Crippen LogP contribution in [0.2, 0.25) is 0 Å². The van der Waals surface area contributed by atoms with E-state index in [4.69, 9.17) is 14.2 Å². The van der Waals surface area contributed by atoms with Crippen molar-refractivity contribution >= 4 is 5.82 Å². The minimum absolute atomic E-state index is 0.241. The van der Waals surface area contributed by atoms with E-state index >= 15 is 0 Å². The van der Waals surface area contributed by atoms with Crippen LogP contribution in [0.4, 0.5) is 5.82 Å². The molecule has 0 unspecified atom stereocenters. The molecule has 1 aromatic rings. The number of rotatable bonds is 5. The van der Waals surface area contributed by atoms with Crippen LogP contribution in [-0.4, -0.2) is 61.4 Å². The summed E-state index contributed by atoms with van der Waals surface area (Å²) in [6.45, 7) is 6.32. The molecule has 3 saturated heterocycles. The third kappa shape index (κ3) is 4.13. The summed E-state index contributed by atoms with van der Waals surface area (Å²) in [6, 6.07) is 4.55. The van der Waals surface area contributed by atoms with Crippen LogP contribution in [0.1, 0.15) is 37.8 Å². The first-order valence-corrected chi connectivity index (χ1v) is 9.67. The predicted molar refractivity (Wildman–Crippen MR) is 94.8 cm³/mol. The lowest BCUT2D eigenvalue weighted by atomic mass is 9.99. The molecule has 6 heteroatoms. The minimum atomic E-state index is 0.241. The van der Waals surface area contributed by atoms with Crippen LogP contribution in [0.3, 0.4) is 0 Å². The Hall–Kier alpha value is -1.24. The molecule has 0 radical (unpaired) electrons. The highest BCUT2D eigenvalue weighted by molar-refractivity contribution is 5.41. The van der Waals surface area contributed by atoms with Gasteiger partial charge in [0.1, 0.15) is 0 Å². The van der Waals surface area contributed by atoms with Gasteiger partial charge in [-0.1, -0.05) is 0 Å². The molecule has 0 aliphatic carbocycles. The van der Waals surface area contributed by atoms with Crippen LogP contribution in [0.15, 0.2) is 12.1 Å². The van der Waals surface area contributed by atoms with Crippen LogP contribution in [0, 0.1) is 12.8 Å². The summed E-state index contributed by atoms with van der Waals surface area (Å²) in [7, 11) is 0. The average molecular weight is 347 g/mol. The van der Waals surface area contributed by atoms with Crippen molar-refractivity contribution in [1.29, 1.82) is 0 Å². The van der Waals surface area contributed by atoms with Gasteiger partial charge in [-0.25, -0.2) is 0 Å². The Morgan fingerprint density at radius 2 is 1.96 bits per heavy atom. The third-order valence-corrected chi connectivity index (χ3v) is 5.71. The molecule has 0 N–H and O–H groups in total. The molecule has 138 valence electrons. The first kappa shape index (κ1) is 17.2. The number of fused-ring (bicyclic) bond motifs is 1. The van der Waals surface area contributed by atoms with E-state index in [1.54, 1.807) is 0 Å². The highest BCUT2D eigenvalue weighted by Crippen LogP contribution is 2.34. The number of ether oxygens (including phenoxy) is 3. The van der Waals surface area contributed by atoms with Crippen molar-refractivity contribution in [2.24, 2.45) is 5.92 Å². The Morgan fingerprint density at radius 1 is 1.08 bits per heavy atom. The van der Waals surface area contributed by atoms with E-state index in [-0.39, 0.29) is 6.10 Å². The summed E-state index contributed by atoms with van der Waals surface area (Å²) in [5.74, 6) is 1.64. The number of hydrogen-bond donors (Lipinski definition) is 0. The van der Waals surface area contributed by atoms with Crippen LogP contribution >= 0.6 is 0 Å². The van der Waals surface area contributed by atoms with Crippen molar-refractivity contribution in [3.8, 4) is 0 Å². The maximum absolute atomic E-state index is 6.34. The van der Waals surface area contributed by atoms with Crippen molar-refractivity contribution in [2.75, 3.05) is 37.9 Å². The zero-order chi connectivity index (χ0) is 17.1. The van der Waals surface area contributed by atoms with E-state index in [1.165, 1.54) is 0 Å². The third-order valence-electron chi connectivity index (χ3n) is 5.71. The molecular formula is C19H29N3O3. The molecule has 4 heterocycles. The van der Waals surface area contributed by atoms with Crippen molar-refractivity contribution in [2.45, 2.75) is 57.3 Å². The van der Waals surface area contributed by atoms with E-state index in [0.717, 1.165) is 76.6 Å². The number of hydrogen-bond acceptors (Lipinski definition) is 6. The van der Waals surface area contributed by atoms with Crippen LogP contribution < -0.4 is 4.90 Å². The van der Waals surface area contributed by atoms with E-state index in [2.05, 4.69) is 21.2 Å². The highest BCUT2D eigenvalue weighted by Gasteiger charge is 2.40. The second-order valence-corrected chi connectivity index (χ2v) is 7.55. The van der Waals surface area contributed by atoms with E-state index in [9.17, 15) is 0 Å². The van der Waals surface area contributed by atoms with E-state index < -0.39 is 0 Å². The molecular weight excluding hydrogens is 318 g/mol. The van der Waals surface area contributed by atoms with Gasteiger partial charge in [-0.2, -0.15) is 5.10 Å². The second kappa shape index (κ2) is 7.98. The summed E-state index contributed by atoms with van der Waals surface area (Å²) < 4.78 is 17.7. The first-order chi connectivity index (χ1) is 12.3. The highest BCUT2D eigenvalue weighted by atomic mass is 16.5. The van der Waals surface area contributed by atoms with Gasteiger partial charge in [0, 0.05) is 26.4 Å². The summed E-state index contributed by atoms with van der Waals surface area (Å²) >= 11 is 0. The summed E-state index contributed by atoms with van der Waals surface area (Å²) in [4.78, 5) is 2.37. The SMILES string of the molecule is Cc1ccc(N2CC[C@@H]3O[C@@H](COCC4CCOCC4)CC[C@@H]32)nn1. The molecule has 3 aliphatic rings. The number of nitrogens with zero attached hydrogens (tertiary/aromatic N) is 3. The Bertz CT molecular complexity index is 547. The second-order valence-electron chi connectivity index (χ2n) is 7.55. The molecule has 3 aliphatic heterocycles. The lowest BCUT2D eigenvalue weighted by molar-refractivity contribution is -0.0931. The Morgan fingerprint density at radius 3 is 2.76 bits per heavy atom. The quantitative estimate of drug-likeness (QED) is 0.815. The summed E-state index contributed by atoms with van der Waals surface area (Å²) in [5.41, 5.74) is 0.959. The van der Waals surface area contributed by atoms with Gasteiger partial charge in [0.2, 0.25) is 0 Å². The molecule has 4 rings (SSSR count). The standard InChI is InChI=1S/C19H29N3O3/c1-14-2-5-19(21-20-14)22-9-6-18-17(22)4-3-16(25-18)13-24-12-15-7-10-23-11-8-15/h2,5,15-18H,3-4,6-13H2,1H3/t16-,17+,18+/m1/s1. The maximum atomic E-state index is 6.34. The van der Waals surface area contributed by atoms with Crippen molar-refractivity contribution in [3.05, 3.63) is 17.8 Å². The molecule has 25 heavy (non-hydrogen) atoms. The fraction of sp³-hybridized carbons (Fsp3) is 0.789. The van der Waals surface area contributed by atoms with E-state index in [1.807, 2.05) is 13.0 Å². The van der Waals surface area contributed by atoms with Crippen molar-refractivity contribution in [3.63, 3.8) is 0 Å². The molecule has 3 fully saturated rings. The lowest BCUT2D eigenvalue weighted by Gasteiger charge is -2.36. The average Bonchev–Trinajstić information content (AvgIpc) is 3.06. The first-order valence-electron chi connectivity index (χ1n) is 9.67. The summed E-state index contributed by atoms with van der Waals surface area (Å²) in [5, 5.41) is 8.56. The van der Waals surface area contributed by atoms with Gasteiger partial charge in [-0.05, 0) is 57.1 Å². The van der Waals surface area contributed by atoms with E-state index in [0.29, 0.717) is 18.1 Å². The van der Waals surface area contributed by atoms with Gasteiger partial charge in [-0.3, -0.25) is 0 Å². The maximum Gasteiger partial charge on any atom is 0.151 e. The Balaban J connectivity index is 1.24. The number of anilines is 1. The van der Waals surface area contributed by atoms with Gasteiger partial charge in [0.15, 0.2) is 5.82 Å². The molecule has 0 bridgehead atoms. The fourth-order valence-electron chi connectivity index (χ4n) is 4.23. The van der Waals surface area contributed by atoms with Crippen LogP contribution in [-0.2, 0) is 14.2 Å². The largest absolute Gasteiger partial charge is 0.381 e. The smallest absolute Gasteiger partial charge is 0.151 e. The Kier molecular flexibility index (Phi) is 5.48. The van der Waals surface area contributed by atoms with Gasteiger partial charge in [-0.15, -0.1) is 5.10 Å². The Labute approximate surface area is 149 Å². The molecule has 0 saturated carbocycles. The zero-order valence-electron chi connectivity index (χ0n) is 15.1. The molecule has 0 amide bonds. The van der Waals surface area contributed by atoms with Crippen molar-refractivity contribution < 1.29 is 14.2 Å². The predicted octanol–water partition coefficient (Wildman–Crippen LogP) is 2.35.